The molecule has 0 aromatic carbocycles. The van der Waals surface area contributed by atoms with Crippen LogP contribution in [0, 0.1) is 5.92 Å². The number of thioether (sulfide) groups is 1. The van der Waals surface area contributed by atoms with E-state index < -0.39 is 0 Å². The van der Waals surface area contributed by atoms with Gasteiger partial charge < -0.3 is 4.74 Å². The molecule has 3 aliphatic rings. The van der Waals surface area contributed by atoms with E-state index in [1.165, 1.54) is 62.0 Å². The van der Waals surface area contributed by atoms with Crippen LogP contribution in [0.5, 0.6) is 5.88 Å². The van der Waals surface area contributed by atoms with Gasteiger partial charge in [-0.1, -0.05) is 19.8 Å². The first kappa shape index (κ1) is 13.9. The van der Waals surface area contributed by atoms with Crippen molar-refractivity contribution in [3.8, 4) is 5.88 Å². The van der Waals surface area contributed by atoms with Crippen molar-refractivity contribution < 1.29 is 4.74 Å². The highest BCUT2D eigenvalue weighted by Gasteiger charge is 2.45. The predicted molar refractivity (Wildman–Crippen MR) is 84.9 cm³/mol. The Morgan fingerprint density at radius 1 is 1.14 bits per heavy atom. The maximum Gasteiger partial charge on any atom is 0.221 e. The lowest BCUT2D eigenvalue weighted by Gasteiger charge is -2.25. The summed E-state index contributed by atoms with van der Waals surface area (Å²) in [5.74, 6) is 2.34. The third-order valence-electron chi connectivity index (χ3n) is 5.49. The lowest BCUT2D eigenvalue weighted by molar-refractivity contribution is 0.145. The molecular weight excluding hydrogens is 280 g/mol. The summed E-state index contributed by atoms with van der Waals surface area (Å²) in [7, 11) is 0. The summed E-state index contributed by atoms with van der Waals surface area (Å²) >= 11 is 1.97. The Kier molecular flexibility index (Phi) is 3.82. The van der Waals surface area contributed by atoms with Gasteiger partial charge in [-0.15, -0.1) is 11.8 Å². The Labute approximate surface area is 131 Å². The van der Waals surface area contributed by atoms with Crippen LogP contribution >= 0.6 is 11.8 Å². The molecule has 0 amide bonds. The van der Waals surface area contributed by atoms with E-state index in [-0.39, 0.29) is 0 Å². The molecule has 2 saturated carbocycles. The van der Waals surface area contributed by atoms with Crippen LogP contribution < -0.4 is 4.74 Å². The smallest absolute Gasteiger partial charge is 0.221 e. The van der Waals surface area contributed by atoms with E-state index in [4.69, 9.17) is 4.74 Å². The average molecular weight is 304 g/mol. The monoisotopic (exact) mass is 304 g/mol. The second kappa shape index (κ2) is 5.79. The Morgan fingerprint density at radius 2 is 2.00 bits per heavy atom. The van der Waals surface area contributed by atoms with E-state index in [1.54, 1.807) is 6.33 Å². The highest BCUT2D eigenvalue weighted by Crippen LogP contribution is 2.58. The molecule has 1 aromatic rings. The second-order valence-electron chi connectivity index (χ2n) is 6.70. The molecule has 4 rings (SSSR count). The number of hydrogen-bond acceptors (Lipinski definition) is 4. The van der Waals surface area contributed by atoms with Gasteiger partial charge in [-0.25, -0.2) is 9.97 Å². The van der Waals surface area contributed by atoms with E-state index >= 15 is 0 Å². The third-order valence-corrected chi connectivity index (χ3v) is 6.87. The van der Waals surface area contributed by atoms with Crippen LogP contribution in [0.25, 0.3) is 0 Å². The predicted octanol–water partition coefficient (Wildman–Crippen LogP) is 4.57. The number of hydrogen-bond donors (Lipinski definition) is 0. The molecule has 0 radical (unpaired) electrons. The summed E-state index contributed by atoms with van der Waals surface area (Å²) < 4.78 is 6.33. The van der Waals surface area contributed by atoms with Crippen molar-refractivity contribution in [3.63, 3.8) is 0 Å². The molecule has 0 saturated heterocycles. The highest BCUT2D eigenvalue weighted by atomic mass is 32.2. The van der Waals surface area contributed by atoms with E-state index in [9.17, 15) is 0 Å². The van der Waals surface area contributed by atoms with Crippen LogP contribution in [0.4, 0.5) is 0 Å². The zero-order chi connectivity index (χ0) is 14.2. The number of nitrogens with zero attached hydrogens (tertiary/aromatic N) is 2. The maximum absolute atomic E-state index is 6.33. The van der Waals surface area contributed by atoms with Crippen molar-refractivity contribution in [1.82, 2.24) is 9.97 Å². The van der Waals surface area contributed by atoms with Crippen molar-refractivity contribution in [2.45, 2.75) is 80.6 Å². The standard InChI is InChI=1S/C17H24N2OS/c1-2-11-8-9-13-14(11)15-16(18-10-19-17(15)21-13)20-12-6-4-3-5-7-12/h10-14H,2-9H2,1H3. The first-order valence-corrected chi connectivity index (χ1v) is 9.43. The van der Waals surface area contributed by atoms with Crippen LogP contribution in [-0.2, 0) is 0 Å². The summed E-state index contributed by atoms with van der Waals surface area (Å²) in [5.41, 5.74) is 1.35. The molecule has 4 heteroatoms. The van der Waals surface area contributed by atoms with Gasteiger partial charge in [0.25, 0.3) is 0 Å². The Morgan fingerprint density at radius 3 is 2.81 bits per heavy atom. The van der Waals surface area contributed by atoms with Crippen LogP contribution in [0.15, 0.2) is 11.4 Å². The lowest BCUT2D eigenvalue weighted by Crippen LogP contribution is -2.22. The molecule has 2 fully saturated rings. The molecule has 3 unspecified atom stereocenters. The van der Waals surface area contributed by atoms with E-state index in [2.05, 4.69) is 16.9 Å². The summed E-state index contributed by atoms with van der Waals surface area (Å²) in [6.07, 6.45) is 12.4. The molecule has 114 valence electrons. The Bertz CT molecular complexity index is 514. The Hall–Kier alpha value is -0.770. The highest BCUT2D eigenvalue weighted by molar-refractivity contribution is 8.00. The molecule has 1 aliphatic heterocycles. The van der Waals surface area contributed by atoms with Gasteiger partial charge in [-0.2, -0.15) is 0 Å². The molecule has 0 N–H and O–H groups in total. The number of fused-ring (bicyclic) bond motifs is 3. The van der Waals surface area contributed by atoms with Crippen molar-refractivity contribution >= 4 is 11.8 Å². The minimum atomic E-state index is 0.378. The topological polar surface area (TPSA) is 35.0 Å². The summed E-state index contributed by atoms with van der Waals surface area (Å²) in [5, 5.41) is 1.92. The summed E-state index contributed by atoms with van der Waals surface area (Å²) in [6, 6.07) is 0. The zero-order valence-corrected chi connectivity index (χ0v) is 13.6. The van der Waals surface area contributed by atoms with Gasteiger partial charge in [0.1, 0.15) is 17.5 Å². The molecule has 3 nitrogen and oxygen atoms in total. The number of rotatable bonds is 3. The van der Waals surface area contributed by atoms with Crippen LogP contribution in [0.3, 0.4) is 0 Å². The first-order chi connectivity index (χ1) is 10.4. The van der Waals surface area contributed by atoms with E-state index in [1.807, 2.05) is 11.8 Å². The van der Waals surface area contributed by atoms with E-state index in [0.717, 1.165) is 17.0 Å². The summed E-state index contributed by atoms with van der Waals surface area (Å²) in [6.45, 7) is 2.32. The third kappa shape index (κ3) is 2.45. The fourth-order valence-electron chi connectivity index (χ4n) is 4.37. The molecule has 3 atom stereocenters. The largest absolute Gasteiger partial charge is 0.474 e. The van der Waals surface area contributed by atoms with Gasteiger partial charge in [-0.05, 0) is 44.4 Å². The van der Waals surface area contributed by atoms with Gasteiger partial charge in [0.15, 0.2) is 0 Å². The van der Waals surface area contributed by atoms with E-state index in [0.29, 0.717) is 12.0 Å². The van der Waals surface area contributed by atoms with Crippen LogP contribution in [0.2, 0.25) is 0 Å². The van der Waals surface area contributed by atoms with Crippen molar-refractivity contribution in [2.75, 3.05) is 0 Å². The maximum atomic E-state index is 6.33. The van der Waals surface area contributed by atoms with Gasteiger partial charge in [0.2, 0.25) is 5.88 Å². The SMILES string of the molecule is CCC1CCC2Sc3ncnc(OC4CCCCC4)c3C12. The van der Waals surface area contributed by atoms with Gasteiger partial charge in [-0.3, -0.25) is 0 Å². The average Bonchev–Trinajstić information content (AvgIpc) is 3.07. The molecule has 0 spiro atoms. The lowest BCUT2D eigenvalue weighted by atomic mass is 9.88. The van der Waals surface area contributed by atoms with Gasteiger partial charge in [0.05, 0.1) is 5.56 Å². The van der Waals surface area contributed by atoms with Crippen molar-refractivity contribution in [3.05, 3.63) is 11.9 Å². The van der Waals surface area contributed by atoms with Gasteiger partial charge in [0, 0.05) is 11.2 Å². The molecule has 1 aromatic heterocycles. The molecular formula is C17H24N2OS. The second-order valence-corrected chi connectivity index (χ2v) is 7.93. The fourth-order valence-corrected chi connectivity index (χ4v) is 5.88. The quantitative estimate of drug-likeness (QED) is 0.766. The van der Waals surface area contributed by atoms with Crippen LogP contribution in [0.1, 0.15) is 69.8 Å². The minimum Gasteiger partial charge on any atom is -0.474 e. The molecule has 0 bridgehead atoms. The molecule has 2 aliphatic carbocycles. The molecule has 2 heterocycles. The number of ether oxygens (including phenoxy) is 1. The Balaban J connectivity index is 1.63. The normalized spacial score (nSPS) is 32.0. The zero-order valence-electron chi connectivity index (χ0n) is 12.8. The number of aromatic nitrogens is 2. The fraction of sp³-hybridized carbons (Fsp3) is 0.765. The van der Waals surface area contributed by atoms with Crippen molar-refractivity contribution in [1.29, 1.82) is 0 Å². The summed E-state index contributed by atoms with van der Waals surface area (Å²) in [4.78, 5) is 9.06. The van der Waals surface area contributed by atoms with Crippen LogP contribution in [-0.4, -0.2) is 21.3 Å². The van der Waals surface area contributed by atoms with Gasteiger partial charge >= 0.3 is 0 Å². The minimum absolute atomic E-state index is 0.378. The first-order valence-electron chi connectivity index (χ1n) is 8.55. The van der Waals surface area contributed by atoms with Crippen molar-refractivity contribution in [2.24, 2.45) is 5.92 Å². The molecule has 21 heavy (non-hydrogen) atoms.